The molecule has 1 aromatic carbocycles. The van der Waals surface area contributed by atoms with E-state index in [1.165, 1.54) is 17.6 Å². The van der Waals surface area contributed by atoms with Crippen molar-refractivity contribution in [3.05, 3.63) is 75.2 Å². The summed E-state index contributed by atoms with van der Waals surface area (Å²) in [6, 6.07) is 12.6. The highest BCUT2D eigenvalue weighted by Gasteiger charge is 2.17. The molecule has 0 radical (unpaired) electrons. The van der Waals surface area contributed by atoms with Crippen molar-refractivity contribution in [2.24, 2.45) is 0 Å². The summed E-state index contributed by atoms with van der Waals surface area (Å²) in [6.07, 6.45) is 2.77. The van der Waals surface area contributed by atoms with Gasteiger partial charge in [-0.05, 0) is 43.7 Å². The molecule has 0 atom stereocenters. The van der Waals surface area contributed by atoms with Crippen LogP contribution in [0.3, 0.4) is 0 Å². The maximum atomic E-state index is 13.2. The second-order valence-electron chi connectivity index (χ2n) is 6.85. The third-order valence-electron chi connectivity index (χ3n) is 4.52. The molecule has 8 nitrogen and oxygen atoms in total. The summed E-state index contributed by atoms with van der Waals surface area (Å²) in [5, 5.41) is 12.1. The number of nitriles is 1. The van der Waals surface area contributed by atoms with Crippen LogP contribution in [0.15, 0.2) is 53.0 Å². The highest BCUT2D eigenvalue weighted by Crippen LogP contribution is 2.27. The van der Waals surface area contributed by atoms with Crippen LogP contribution in [0, 0.1) is 25.2 Å². The number of carbonyl (C=O) groups is 1. The summed E-state index contributed by atoms with van der Waals surface area (Å²) in [6.45, 7) is 4.38. The number of benzene rings is 1. The molecule has 0 saturated carbocycles. The number of nitrogens with one attached hydrogen (secondary N) is 1. The Hall–Kier alpha value is -3.96. The van der Waals surface area contributed by atoms with Gasteiger partial charge in [-0.1, -0.05) is 23.8 Å². The van der Waals surface area contributed by atoms with Gasteiger partial charge in [0.05, 0.1) is 6.61 Å². The van der Waals surface area contributed by atoms with E-state index in [4.69, 9.17) is 9.47 Å². The molecule has 0 saturated heterocycles. The highest BCUT2D eigenvalue weighted by atomic mass is 16.5. The Morgan fingerprint density at radius 2 is 2.10 bits per heavy atom. The second-order valence-corrected chi connectivity index (χ2v) is 6.85. The van der Waals surface area contributed by atoms with E-state index < -0.39 is 11.5 Å². The van der Waals surface area contributed by atoms with Crippen LogP contribution in [0.4, 0.5) is 0 Å². The number of hydrogen-bond acceptors (Lipinski definition) is 6. The molecule has 0 unspecified atom stereocenters. The second kappa shape index (κ2) is 9.69. The molecule has 8 heteroatoms. The maximum absolute atomic E-state index is 13.2. The zero-order chi connectivity index (χ0) is 22.4. The first-order chi connectivity index (χ1) is 14.9. The quantitative estimate of drug-likeness (QED) is 0.359. The lowest BCUT2D eigenvalue weighted by Gasteiger charge is -2.12. The van der Waals surface area contributed by atoms with Gasteiger partial charge in [-0.15, -0.1) is 0 Å². The summed E-state index contributed by atoms with van der Waals surface area (Å²) >= 11 is 0. The van der Waals surface area contributed by atoms with Crippen molar-refractivity contribution >= 4 is 17.6 Å². The zero-order valence-corrected chi connectivity index (χ0v) is 17.5. The Balaban J connectivity index is 2.13. The van der Waals surface area contributed by atoms with Gasteiger partial charge in [0.2, 0.25) is 5.88 Å². The predicted molar refractivity (Wildman–Crippen MR) is 116 cm³/mol. The molecule has 0 aliphatic rings. The van der Waals surface area contributed by atoms with E-state index in [9.17, 15) is 14.9 Å². The first-order valence-electron chi connectivity index (χ1n) is 9.60. The monoisotopic (exact) mass is 418 g/mol. The summed E-state index contributed by atoms with van der Waals surface area (Å²) in [7, 11) is 1.51. The fraction of sp³-hybridized carbons (Fsp3) is 0.217. The van der Waals surface area contributed by atoms with Crippen LogP contribution in [0.5, 0.6) is 11.6 Å². The molecule has 0 bridgehead atoms. The van der Waals surface area contributed by atoms with E-state index in [2.05, 4.69) is 10.3 Å². The molecular formula is C23H22N4O4. The van der Waals surface area contributed by atoms with Gasteiger partial charge in [0, 0.05) is 19.9 Å². The van der Waals surface area contributed by atoms with E-state index in [1.807, 2.05) is 32.0 Å². The summed E-state index contributed by atoms with van der Waals surface area (Å²) < 4.78 is 12.2. The van der Waals surface area contributed by atoms with E-state index in [0.717, 1.165) is 11.1 Å². The number of amides is 1. The number of hydrogen-bond donors (Lipinski definition) is 1. The minimum absolute atomic E-state index is 0.00196. The molecule has 0 spiro atoms. The van der Waals surface area contributed by atoms with Crippen LogP contribution in [0.25, 0.3) is 11.7 Å². The highest BCUT2D eigenvalue weighted by molar-refractivity contribution is 6.01. The smallest absolute Gasteiger partial charge is 0.269 e. The number of pyridine rings is 1. The summed E-state index contributed by atoms with van der Waals surface area (Å²) in [5.74, 6) is -0.0781. The van der Waals surface area contributed by atoms with Crippen LogP contribution in [0.1, 0.15) is 16.7 Å². The Morgan fingerprint density at radius 1 is 1.29 bits per heavy atom. The van der Waals surface area contributed by atoms with E-state index in [0.29, 0.717) is 18.0 Å². The molecule has 31 heavy (non-hydrogen) atoms. The molecule has 3 aromatic rings. The molecule has 3 rings (SSSR count). The fourth-order valence-electron chi connectivity index (χ4n) is 2.96. The minimum atomic E-state index is -0.616. The lowest BCUT2D eigenvalue weighted by atomic mass is 10.1. The van der Waals surface area contributed by atoms with E-state index >= 15 is 0 Å². The van der Waals surface area contributed by atoms with Crippen LogP contribution in [-0.2, 0) is 9.53 Å². The number of aromatic nitrogens is 2. The van der Waals surface area contributed by atoms with E-state index in [-0.39, 0.29) is 23.6 Å². The zero-order valence-electron chi connectivity index (χ0n) is 17.5. The predicted octanol–water partition coefficient (Wildman–Crippen LogP) is 2.77. The third-order valence-corrected chi connectivity index (χ3v) is 4.52. The van der Waals surface area contributed by atoms with Gasteiger partial charge in [0.25, 0.3) is 11.5 Å². The number of rotatable bonds is 7. The molecule has 1 amide bonds. The molecule has 0 fully saturated rings. The number of fused-ring (bicyclic) bond motifs is 1. The van der Waals surface area contributed by atoms with Crippen molar-refractivity contribution in [1.29, 1.82) is 5.26 Å². The van der Waals surface area contributed by atoms with Crippen LogP contribution in [0.2, 0.25) is 0 Å². The van der Waals surface area contributed by atoms with Gasteiger partial charge in [0.15, 0.2) is 0 Å². The normalized spacial score (nSPS) is 11.2. The number of carbonyl (C=O) groups excluding carboxylic acids is 1. The lowest BCUT2D eigenvalue weighted by Crippen LogP contribution is -2.28. The summed E-state index contributed by atoms with van der Waals surface area (Å²) in [4.78, 5) is 30.0. The minimum Gasteiger partial charge on any atom is -0.438 e. The van der Waals surface area contributed by atoms with Crippen LogP contribution >= 0.6 is 0 Å². The number of nitrogens with zero attached hydrogens (tertiary/aromatic N) is 3. The van der Waals surface area contributed by atoms with Gasteiger partial charge in [0.1, 0.15) is 28.6 Å². The Morgan fingerprint density at radius 3 is 2.81 bits per heavy atom. The van der Waals surface area contributed by atoms with Gasteiger partial charge in [-0.2, -0.15) is 10.2 Å². The van der Waals surface area contributed by atoms with Crippen molar-refractivity contribution < 1.29 is 14.3 Å². The molecule has 2 aromatic heterocycles. The maximum Gasteiger partial charge on any atom is 0.269 e. The van der Waals surface area contributed by atoms with Crippen molar-refractivity contribution in [2.75, 3.05) is 20.3 Å². The van der Waals surface area contributed by atoms with Crippen molar-refractivity contribution in [3.8, 4) is 17.7 Å². The van der Waals surface area contributed by atoms with Gasteiger partial charge >= 0.3 is 0 Å². The van der Waals surface area contributed by atoms with Gasteiger partial charge in [-0.3, -0.25) is 14.0 Å². The fourth-order valence-corrected chi connectivity index (χ4v) is 2.96. The largest absolute Gasteiger partial charge is 0.438 e. The topological polar surface area (TPSA) is 106 Å². The van der Waals surface area contributed by atoms with E-state index in [1.54, 1.807) is 30.5 Å². The van der Waals surface area contributed by atoms with Crippen molar-refractivity contribution in [3.63, 3.8) is 0 Å². The van der Waals surface area contributed by atoms with Crippen LogP contribution in [-0.4, -0.2) is 35.6 Å². The molecule has 0 aliphatic carbocycles. The third kappa shape index (κ3) is 4.97. The molecular weight excluding hydrogens is 396 g/mol. The Labute approximate surface area is 179 Å². The van der Waals surface area contributed by atoms with Crippen LogP contribution < -0.4 is 15.6 Å². The first kappa shape index (κ1) is 21.7. The average molecular weight is 418 g/mol. The number of ether oxygens (including phenoxy) is 2. The van der Waals surface area contributed by atoms with Gasteiger partial charge < -0.3 is 14.8 Å². The first-order valence-corrected chi connectivity index (χ1v) is 9.60. The Kier molecular flexibility index (Phi) is 6.80. The number of methoxy groups -OCH3 is 1. The molecule has 158 valence electrons. The molecule has 1 N–H and O–H groups in total. The standard InChI is InChI=1S/C23H22N4O4/c1-15-7-8-19(16(2)12-15)31-22-18(13-17(14-24)21(28)25-9-11-30-3)23(29)27-10-5-4-6-20(27)26-22/h4-8,10,12-13H,9,11H2,1-3H3,(H,25,28)/b17-13+. The van der Waals surface area contributed by atoms with Crippen molar-refractivity contribution in [2.45, 2.75) is 13.8 Å². The Bertz CT molecular complexity index is 1250. The molecule has 0 aliphatic heterocycles. The van der Waals surface area contributed by atoms with Crippen molar-refractivity contribution in [1.82, 2.24) is 14.7 Å². The lowest BCUT2D eigenvalue weighted by molar-refractivity contribution is -0.117. The summed E-state index contributed by atoms with van der Waals surface area (Å²) in [5.41, 5.74) is 1.62. The SMILES string of the molecule is COCCNC(=O)/C(C#N)=C/c1c(Oc2ccc(C)cc2C)nc2ccccn2c1=O. The molecule has 2 heterocycles. The average Bonchev–Trinajstić information content (AvgIpc) is 2.75. The number of aryl methyl sites for hydroxylation is 2. The van der Waals surface area contributed by atoms with Gasteiger partial charge in [-0.25, -0.2) is 0 Å².